The van der Waals surface area contributed by atoms with Crippen LogP contribution in [0.1, 0.15) is 25.3 Å². The van der Waals surface area contributed by atoms with Crippen LogP contribution in [-0.2, 0) is 6.54 Å². The maximum atomic E-state index is 13.6. The Balaban J connectivity index is 2.48. The number of ether oxygens (including phenoxy) is 1. The van der Waals surface area contributed by atoms with E-state index in [4.69, 9.17) is 11.2 Å². The number of hydrogen-bond acceptors (Lipinski definition) is 2. The van der Waals surface area contributed by atoms with Crippen molar-refractivity contribution in [3.05, 3.63) is 29.6 Å². The van der Waals surface area contributed by atoms with Crippen LogP contribution in [0.15, 0.2) is 18.2 Å². The van der Waals surface area contributed by atoms with E-state index in [2.05, 4.69) is 11.2 Å². The topological polar surface area (TPSA) is 21.3 Å². The maximum Gasteiger partial charge on any atom is 0.165 e. The second kappa shape index (κ2) is 7.70. The first-order valence-electron chi connectivity index (χ1n) is 5.83. The molecule has 0 heterocycles. The Labute approximate surface area is 102 Å². The molecule has 0 aliphatic rings. The van der Waals surface area contributed by atoms with E-state index < -0.39 is 0 Å². The molecule has 1 N–H and O–H groups in total. The zero-order chi connectivity index (χ0) is 12.5. The summed E-state index contributed by atoms with van der Waals surface area (Å²) in [6, 6.07) is 5.03. The van der Waals surface area contributed by atoms with Gasteiger partial charge in [-0.15, -0.1) is 12.3 Å². The molecular formula is C14H18FNO. The molecule has 0 unspecified atom stereocenters. The monoisotopic (exact) mass is 235 g/mol. The molecule has 0 saturated heterocycles. The van der Waals surface area contributed by atoms with Gasteiger partial charge in [0.1, 0.15) is 0 Å². The lowest BCUT2D eigenvalue weighted by atomic mass is 10.2. The summed E-state index contributed by atoms with van der Waals surface area (Å²) in [5.41, 5.74) is 0.917. The summed E-state index contributed by atoms with van der Waals surface area (Å²) in [6.45, 7) is 4.00. The highest BCUT2D eigenvalue weighted by Gasteiger charge is 2.04. The molecule has 0 aliphatic heterocycles. The van der Waals surface area contributed by atoms with Crippen molar-refractivity contribution >= 4 is 0 Å². The molecule has 0 bridgehead atoms. The Hall–Kier alpha value is -1.53. The van der Waals surface area contributed by atoms with Gasteiger partial charge in [0.2, 0.25) is 0 Å². The fourth-order valence-corrected chi connectivity index (χ4v) is 1.40. The number of benzene rings is 1. The Morgan fingerprint density at radius 1 is 1.47 bits per heavy atom. The second-order valence-corrected chi connectivity index (χ2v) is 3.70. The van der Waals surface area contributed by atoms with Gasteiger partial charge in [0.15, 0.2) is 11.6 Å². The van der Waals surface area contributed by atoms with Crippen molar-refractivity contribution in [2.45, 2.75) is 26.3 Å². The van der Waals surface area contributed by atoms with Crippen LogP contribution in [0.2, 0.25) is 0 Å². The summed E-state index contributed by atoms with van der Waals surface area (Å²) >= 11 is 0. The van der Waals surface area contributed by atoms with Crippen molar-refractivity contribution < 1.29 is 9.13 Å². The highest BCUT2D eigenvalue weighted by Crippen LogP contribution is 2.18. The Morgan fingerprint density at radius 2 is 2.29 bits per heavy atom. The van der Waals surface area contributed by atoms with Crippen LogP contribution in [0.5, 0.6) is 5.75 Å². The molecule has 0 aliphatic carbocycles. The summed E-state index contributed by atoms with van der Waals surface area (Å²) in [7, 11) is 0. The van der Waals surface area contributed by atoms with Crippen LogP contribution in [0, 0.1) is 18.2 Å². The number of nitrogens with one attached hydrogen (secondary N) is 1. The molecule has 1 aromatic rings. The van der Waals surface area contributed by atoms with Gasteiger partial charge >= 0.3 is 0 Å². The molecule has 92 valence electrons. The van der Waals surface area contributed by atoms with E-state index in [-0.39, 0.29) is 5.82 Å². The number of halogens is 1. The van der Waals surface area contributed by atoms with Gasteiger partial charge in [-0.25, -0.2) is 4.39 Å². The van der Waals surface area contributed by atoms with Gasteiger partial charge in [-0.05, 0) is 30.7 Å². The summed E-state index contributed by atoms with van der Waals surface area (Å²) in [4.78, 5) is 0. The molecule has 17 heavy (non-hydrogen) atoms. The summed E-state index contributed by atoms with van der Waals surface area (Å²) in [5, 5.41) is 3.14. The number of terminal acetylenes is 1. The molecule has 0 saturated carbocycles. The highest BCUT2D eigenvalue weighted by molar-refractivity contribution is 5.29. The molecule has 1 aromatic carbocycles. The van der Waals surface area contributed by atoms with Gasteiger partial charge in [0.25, 0.3) is 0 Å². The number of hydrogen-bond donors (Lipinski definition) is 1. The first-order valence-corrected chi connectivity index (χ1v) is 5.83. The fourth-order valence-electron chi connectivity index (χ4n) is 1.40. The lowest BCUT2D eigenvalue weighted by Gasteiger charge is -2.08. The zero-order valence-corrected chi connectivity index (χ0v) is 10.1. The molecule has 0 atom stereocenters. The van der Waals surface area contributed by atoms with Crippen molar-refractivity contribution in [2.24, 2.45) is 0 Å². The highest BCUT2D eigenvalue weighted by atomic mass is 19.1. The third kappa shape index (κ3) is 4.88. The third-order valence-corrected chi connectivity index (χ3v) is 2.30. The molecule has 3 heteroatoms. The predicted molar refractivity (Wildman–Crippen MR) is 67.3 cm³/mol. The summed E-state index contributed by atoms with van der Waals surface area (Å²) < 4.78 is 18.9. The summed E-state index contributed by atoms with van der Waals surface area (Å²) in [5.74, 6) is 2.49. The van der Waals surface area contributed by atoms with Crippen molar-refractivity contribution in [1.82, 2.24) is 5.32 Å². The van der Waals surface area contributed by atoms with E-state index in [1.165, 1.54) is 6.07 Å². The molecular weight excluding hydrogens is 217 g/mol. The van der Waals surface area contributed by atoms with E-state index in [1.807, 2.05) is 13.0 Å². The third-order valence-electron chi connectivity index (χ3n) is 2.30. The average Bonchev–Trinajstić information content (AvgIpc) is 2.34. The van der Waals surface area contributed by atoms with Crippen LogP contribution in [-0.4, -0.2) is 13.2 Å². The molecule has 0 fully saturated rings. The molecule has 0 radical (unpaired) electrons. The van der Waals surface area contributed by atoms with Gasteiger partial charge < -0.3 is 10.1 Å². The Bertz CT molecular complexity index is 384. The molecule has 0 amide bonds. The Morgan fingerprint density at radius 3 is 2.94 bits per heavy atom. The lowest BCUT2D eigenvalue weighted by molar-refractivity contribution is 0.297. The molecule has 0 spiro atoms. The zero-order valence-electron chi connectivity index (χ0n) is 10.1. The van der Waals surface area contributed by atoms with Gasteiger partial charge in [-0.3, -0.25) is 0 Å². The minimum atomic E-state index is -0.318. The Kier molecular flexibility index (Phi) is 6.13. The van der Waals surface area contributed by atoms with E-state index >= 15 is 0 Å². The minimum absolute atomic E-state index is 0.294. The van der Waals surface area contributed by atoms with Crippen molar-refractivity contribution in [3.63, 3.8) is 0 Å². The molecule has 0 aromatic heterocycles. The van der Waals surface area contributed by atoms with Gasteiger partial charge in [-0.1, -0.05) is 13.0 Å². The predicted octanol–water partition coefficient (Wildman–Crippen LogP) is 2.73. The van der Waals surface area contributed by atoms with Crippen LogP contribution < -0.4 is 10.1 Å². The maximum absolute atomic E-state index is 13.6. The molecule has 1 rings (SSSR count). The number of rotatable bonds is 7. The second-order valence-electron chi connectivity index (χ2n) is 3.70. The quantitative estimate of drug-likeness (QED) is 0.579. The minimum Gasteiger partial charge on any atom is -0.490 e. The average molecular weight is 235 g/mol. The van der Waals surface area contributed by atoms with Crippen LogP contribution in [0.25, 0.3) is 0 Å². The first kappa shape index (κ1) is 13.5. The smallest absolute Gasteiger partial charge is 0.165 e. The van der Waals surface area contributed by atoms with Gasteiger partial charge in [0, 0.05) is 13.0 Å². The van der Waals surface area contributed by atoms with Crippen LogP contribution in [0.3, 0.4) is 0 Å². The van der Waals surface area contributed by atoms with Gasteiger partial charge in [-0.2, -0.15) is 0 Å². The fraction of sp³-hybridized carbons (Fsp3) is 0.429. The van der Waals surface area contributed by atoms with E-state index in [9.17, 15) is 4.39 Å². The van der Waals surface area contributed by atoms with Gasteiger partial charge in [0.05, 0.1) is 6.61 Å². The van der Waals surface area contributed by atoms with Crippen LogP contribution >= 0.6 is 0 Å². The normalized spacial score (nSPS) is 9.94. The SMILES string of the molecule is C#CCCCOc1ccc(CNCC)cc1F. The van der Waals surface area contributed by atoms with E-state index in [0.717, 1.165) is 18.5 Å². The first-order chi connectivity index (χ1) is 8.27. The summed E-state index contributed by atoms with van der Waals surface area (Å²) in [6.07, 6.45) is 6.52. The lowest BCUT2D eigenvalue weighted by Crippen LogP contribution is -2.11. The standard InChI is InChI=1S/C14H18FNO/c1-3-5-6-9-17-14-8-7-12(10-13(14)15)11-16-4-2/h1,7-8,10,16H,4-6,9,11H2,2H3. The van der Waals surface area contributed by atoms with E-state index in [1.54, 1.807) is 6.07 Å². The van der Waals surface area contributed by atoms with Crippen molar-refractivity contribution in [2.75, 3.05) is 13.2 Å². The van der Waals surface area contributed by atoms with Crippen molar-refractivity contribution in [1.29, 1.82) is 0 Å². The largest absolute Gasteiger partial charge is 0.490 e. The van der Waals surface area contributed by atoms with Crippen molar-refractivity contribution in [3.8, 4) is 18.1 Å². The van der Waals surface area contributed by atoms with E-state index in [0.29, 0.717) is 25.3 Å². The molecule has 2 nitrogen and oxygen atoms in total. The number of unbranched alkanes of at least 4 members (excludes halogenated alkanes) is 1. The van der Waals surface area contributed by atoms with Crippen LogP contribution in [0.4, 0.5) is 4.39 Å².